The fourth-order valence-electron chi connectivity index (χ4n) is 7.64. The summed E-state index contributed by atoms with van der Waals surface area (Å²) in [4.78, 5) is 0. The van der Waals surface area contributed by atoms with E-state index in [-0.39, 0.29) is 39.7 Å². The van der Waals surface area contributed by atoms with E-state index in [9.17, 15) is 0 Å². The predicted molar refractivity (Wildman–Crippen MR) is 243 cm³/mol. The fraction of sp³-hybridized carbons (Fsp3) is 0.0400. The van der Waals surface area contributed by atoms with Gasteiger partial charge in [-0.1, -0.05) is 122 Å². The van der Waals surface area contributed by atoms with Crippen molar-refractivity contribution in [1.82, 2.24) is 0 Å². The van der Waals surface area contributed by atoms with Crippen LogP contribution in [0.2, 0.25) is 0 Å². The second kappa shape index (κ2) is 18.4. The maximum atomic E-state index is 3.06. The van der Waals surface area contributed by atoms with Crippen molar-refractivity contribution in [2.45, 2.75) is 13.8 Å². The van der Waals surface area contributed by atoms with Crippen LogP contribution in [0.15, 0.2) is 170 Å². The first-order valence-electron chi connectivity index (χ1n) is 17.0. The van der Waals surface area contributed by atoms with Gasteiger partial charge >= 0.3 is 30.2 Å². The van der Waals surface area contributed by atoms with Crippen LogP contribution >= 0.6 is 24.8 Å². The van der Waals surface area contributed by atoms with Crippen LogP contribution in [0.4, 0.5) is 0 Å². The maximum absolute atomic E-state index is 3.06. The summed E-state index contributed by atoms with van der Waals surface area (Å²) in [6, 6.07) is 62.0. The number of aryl methyl sites for hydroxylation is 2. The molecule has 268 valence electrons. The van der Waals surface area contributed by atoms with Gasteiger partial charge in [0.1, 0.15) is 0 Å². The molecule has 0 aromatic heterocycles. The van der Waals surface area contributed by atoms with Gasteiger partial charge in [0.05, 0.1) is 0 Å². The Kier molecular flexibility index (Phi) is 14.4. The molecule has 4 heteroatoms. The molecule has 0 aliphatic carbocycles. The van der Waals surface area contributed by atoms with E-state index in [1.54, 1.807) is 0 Å². The molecule has 0 spiro atoms. The van der Waals surface area contributed by atoms with Crippen molar-refractivity contribution in [2.24, 2.45) is 0 Å². The van der Waals surface area contributed by atoms with Gasteiger partial charge in [-0.25, -0.2) is 0 Å². The van der Waals surface area contributed by atoms with Crippen LogP contribution in [-0.4, -0.2) is 6.88 Å². The van der Waals surface area contributed by atoms with Crippen molar-refractivity contribution in [3.63, 3.8) is 0 Å². The molecule has 10 rings (SSSR count). The second-order valence-corrected chi connectivity index (χ2v) is 13.1. The Morgan fingerprint density at radius 1 is 0.352 bits per heavy atom. The SMILES string of the molecule is Cc1cc2c(-c3cccc4cc5ccccc5cc34)cccc2[cH-]1.Cc1cc2c(-c3cccc4cc5ccccc5cc34)cccc2[cH-]1.Cl.Cl.[CH3-].[CH3-].[Si]=[Zr]. The summed E-state index contributed by atoms with van der Waals surface area (Å²) in [6.07, 6.45) is 0. The Hall–Kier alpha value is -4.30. The molecule has 0 saturated heterocycles. The van der Waals surface area contributed by atoms with Crippen molar-refractivity contribution in [2.75, 3.05) is 0 Å². The third kappa shape index (κ3) is 8.05. The molecule has 0 fully saturated rings. The van der Waals surface area contributed by atoms with Gasteiger partial charge in [-0.3, -0.25) is 0 Å². The summed E-state index contributed by atoms with van der Waals surface area (Å²) in [5.41, 5.74) is 7.91. The first-order chi connectivity index (χ1) is 24.6. The molecule has 0 atom stereocenters. The molecule has 10 aromatic carbocycles. The van der Waals surface area contributed by atoms with Crippen LogP contribution < -0.4 is 0 Å². The van der Waals surface area contributed by atoms with Crippen LogP contribution in [0.3, 0.4) is 0 Å². The van der Waals surface area contributed by atoms with Gasteiger partial charge in [-0.2, -0.15) is 12.1 Å². The molecular weight excluding hydrogens is 791 g/mol. The topological polar surface area (TPSA) is 0 Å². The van der Waals surface area contributed by atoms with E-state index in [2.05, 4.69) is 191 Å². The Morgan fingerprint density at radius 3 is 1.02 bits per heavy atom. The Morgan fingerprint density at radius 2 is 0.648 bits per heavy atom. The normalized spacial score (nSPS) is 10.3. The van der Waals surface area contributed by atoms with Crippen molar-refractivity contribution < 1.29 is 23.3 Å². The quantitative estimate of drug-likeness (QED) is 0.0925. The molecule has 2 radical (unpaired) electrons. The van der Waals surface area contributed by atoms with Crippen LogP contribution in [0.1, 0.15) is 11.1 Å². The molecule has 10 aromatic rings. The summed E-state index contributed by atoms with van der Waals surface area (Å²) in [5.74, 6) is 0. The molecule has 0 nitrogen and oxygen atoms in total. The Balaban J connectivity index is 0.000000215. The summed E-state index contributed by atoms with van der Waals surface area (Å²) >= 11 is 1.36. The molecule has 0 aliphatic heterocycles. The molecule has 0 saturated carbocycles. The van der Waals surface area contributed by atoms with Crippen LogP contribution in [0.25, 0.3) is 86.9 Å². The zero-order valence-corrected chi connectivity index (χ0v) is 36.1. The summed E-state index contributed by atoms with van der Waals surface area (Å²) in [7, 11) is 0. The third-order valence-corrected chi connectivity index (χ3v) is 9.86. The van der Waals surface area contributed by atoms with E-state index in [0.29, 0.717) is 0 Å². The van der Waals surface area contributed by atoms with Gasteiger partial charge < -0.3 is 14.9 Å². The average Bonchev–Trinajstić information content (AvgIpc) is 3.74. The summed E-state index contributed by atoms with van der Waals surface area (Å²) in [6.45, 7) is 7.40. The van der Waals surface area contributed by atoms with Gasteiger partial charge in [0.15, 0.2) is 0 Å². The fourth-order valence-corrected chi connectivity index (χ4v) is 7.64. The molecule has 0 heterocycles. The molecule has 0 aliphatic rings. The van der Waals surface area contributed by atoms with Crippen molar-refractivity contribution >= 4 is 96.3 Å². The van der Waals surface area contributed by atoms with E-state index < -0.39 is 0 Å². The van der Waals surface area contributed by atoms with Crippen molar-refractivity contribution in [3.05, 3.63) is 196 Å². The van der Waals surface area contributed by atoms with E-state index in [0.717, 1.165) is 0 Å². The van der Waals surface area contributed by atoms with Crippen LogP contribution in [0, 0.1) is 28.7 Å². The van der Waals surface area contributed by atoms with Crippen molar-refractivity contribution in [1.29, 1.82) is 0 Å². The number of halogens is 2. The van der Waals surface area contributed by atoms with E-state index in [1.807, 2.05) is 0 Å². The monoisotopic (exact) mass is 830 g/mol. The molecule has 0 bridgehead atoms. The van der Waals surface area contributed by atoms with Gasteiger partial charge in [0.2, 0.25) is 0 Å². The molecule has 0 unspecified atom stereocenters. The van der Waals surface area contributed by atoms with Gasteiger partial charge in [-0.05, 0) is 78.5 Å². The van der Waals surface area contributed by atoms with Crippen LogP contribution in [0.5, 0.6) is 0 Å². The zero-order chi connectivity index (χ0) is 34.2. The average molecular weight is 833 g/mol. The van der Waals surface area contributed by atoms with E-state index in [1.165, 1.54) is 121 Å². The Bertz CT molecular complexity index is 2650. The van der Waals surface area contributed by atoms with Crippen molar-refractivity contribution in [3.8, 4) is 22.3 Å². The third-order valence-electron chi connectivity index (χ3n) is 9.86. The first-order valence-corrected chi connectivity index (χ1v) is 21.2. The van der Waals surface area contributed by atoms with Gasteiger partial charge in [-0.15, -0.1) is 93.9 Å². The minimum atomic E-state index is 0. The molecule has 0 amide bonds. The summed E-state index contributed by atoms with van der Waals surface area (Å²) in [5, 5.41) is 15.8. The minimum absolute atomic E-state index is 0. The number of rotatable bonds is 2. The standard InChI is InChI=1S/2C24H17.2CH3.2ClH.Si.Zr/c2*1-16-12-19-8-4-10-21(23(19)13-16)22-11-5-9-20-14-17-6-2-3-7-18(17)15-24(20)22;;;;;;/h2*2-15H,1H3;2*1H3;2*1H;;/q4*-1;;;;. The first kappa shape index (κ1) is 42.4. The number of hydrogen-bond acceptors (Lipinski definition) is 0. The number of hydrogen-bond donors (Lipinski definition) is 0. The van der Waals surface area contributed by atoms with E-state index >= 15 is 0 Å². The predicted octanol–water partition coefficient (Wildman–Crippen LogP) is 15.0. The zero-order valence-electron chi connectivity index (χ0n) is 31.0. The summed E-state index contributed by atoms with van der Waals surface area (Å²) < 4.78 is 0. The number of benzene rings is 8. The van der Waals surface area contributed by atoms with Gasteiger partial charge in [0, 0.05) is 0 Å². The molecule has 0 N–H and O–H groups in total. The molecule has 54 heavy (non-hydrogen) atoms. The van der Waals surface area contributed by atoms with E-state index in [4.69, 9.17) is 0 Å². The Labute approximate surface area is 349 Å². The molecular formula is C50H42Cl2SiZr-4. The van der Waals surface area contributed by atoms with Gasteiger partial charge in [0.25, 0.3) is 0 Å². The number of fused-ring (bicyclic) bond motifs is 6. The van der Waals surface area contributed by atoms with Crippen LogP contribution in [-0.2, 0) is 23.3 Å². The second-order valence-electron chi connectivity index (χ2n) is 13.1.